The molecule has 140 valence electrons. The Morgan fingerprint density at radius 1 is 1.21 bits per heavy atom. The van der Waals surface area contributed by atoms with Gasteiger partial charge >= 0.3 is 5.97 Å². The van der Waals surface area contributed by atoms with Crippen molar-refractivity contribution < 1.29 is 14.5 Å². The predicted molar refractivity (Wildman–Crippen MR) is 100.0 cm³/mol. The highest BCUT2D eigenvalue weighted by Gasteiger charge is 2.22. The first kappa shape index (κ1) is 18.8. The highest BCUT2D eigenvalue weighted by Crippen LogP contribution is 2.23. The van der Waals surface area contributed by atoms with Gasteiger partial charge in [-0.1, -0.05) is 24.3 Å². The fourth-order valence-electron chi connectivity index (χ4n) is 2.89. The number of nitriles is 1. The summed E-state index contributed by atoms with van der Waals surface area (Å²) in [4.78, 5) is 23.0. The Morgan fingerprint density at radius 2 is 1.93 bits per heavy atom. The van der Waals surface area contributed by atoms with Crippen molar-refractivity contribution in [2.24, 2.45) is 0 Å². The molecule has 0 N–H and O–H groups in total. The molecule has 1 aromatic heterocycles. The number of ether oxygens (including phenoxy) is 1. The molecular weight excluding hydrogens is 360 g/mol. The summed E-state index contributed by atoms with van der Waals surface area (Å²) in [7, 11) is 0. The number of esters is 1. The monoisotopic (exact) mass is 376 g/mol. The average molecular weight is 376 g/mol. The first-order valence-corrected chi connectivity index (χ1v) is 8.39. The lowest BCUT2D eigenvalue weighted by atomic mass is 10.1. The predicted octanol–water partition coefficient (Wildman–Crippen LogP) is 3.63. The molecule has 0 atom stereocenters. The summed E-state index contributed by atoms with van der Waals surface area (Å²) in [5.74, 6) is -0.705. The number of rotatable bonds is 5. The third-order valence-electron chi connectivity index (χ3n) is 4.33. The third-order valence-corrected chi connectivity index (χ3v) is 4.33. The SMILES string of the molecule is Cc1nn(-c2ccccc2)c(COC(=O)c2cccc([N+](=O)[O-])c2C)c1C#N. The Labute approximate surface area is 160 Å². The number of nitrogens with zero attached hydrogens (tertiary/aromatic N) is 4. The van der Waals surface area contributed by atoms with E-state index in [1.54, 1.807) is 11.6 Å². The van der Waals surface area contributed by atoms with Crippen molar-refractivity contribution in [2.75, 3.05) is 0 Å². The molecule has 2 aromatic carbocycles. The molecule has 0 saturated heterocycles. The van der Waals surface area contributed by atoms with Crippen LogP contribution in [0.2, 0.25) is 0 Å². The van der Waals surface area contributed by atoms with Crippen LogP contribution in [0.1, 0.15) is 32.9 Å². The van der Waals surface area contributed by atoms with E-state index in [1.807, 2.05) is 30.3 Å². The van der Waals surface area contributed by atoms with Crippen LogP contribution >= 0.6 is 0 Å². The van der Waals surface area contributed by atoms with Crippen molar-refractivity contribution in [3.8, 4) is 11.8 Å². The fourth-order valence-corrected chi connectivity index (χ4v) is 2.89. The summed E-state index contributed by atoms with van der Waals surface area (Å²) in [5.41, 5.74) is 2.18. The van der Waals surface area contributed by atoms with Gasteiger partial charge in [-0.3, -0.25) is 10.1 Å². The van der Waals surface area contributed by atoms with Crippen molar-refractivity contribution in [3.05, 3.63) is 86.7 Å². The molecule has 0 fully saturated rings. The molecule has 8 nitrogen and oxygen atoms in total. The van der Waals surface area contributed by atoms with Gasteiger partial charge in [0.1, 0.15) is 18.2 Å². The van der Waals surface area contributed by atoms with Crippen LogP contribution in [0.5, 0.6) is 0 Å². The van der Waals surface area contributed by atoms with Crippen LogP contribution in [0.15, 0.2) is 48.5 Å². The summed E-state index contributed by atoms with van der Waals surface area (Å²) in [6, 6.07) is 15.5. The number of hydrogen-bond donors (Lipinski definition) is 0. The van der Waals surface area contributed by atoms with Gasteiger partial charge in [0.15, 0.2) is 0 Å². The summed E-state index contributed by atoms with van der Waals surface area (Å²) in [6.07, 6.45) is 0. The molecule has 0 saturated carbocycles. The number of aromatic nitrogens is 2. The van der Waals surface area contributed by atoms with E-state index in [2.05, 4.69) is 11.2 Å². The highest BCUT2D eigenvalue weighted by atomic mass is 16.6. The summed E-state index contributed by atoms with van der Waals surface area (Å²) >= 11 is 0. The minimum Gasteiger partial charge on any atom is -0.456 e. The molecule has 0 aliphatic rings. The molecular formula is C20H16N4O4. The van der Waals surface area contributed by atoms with Crippen LogP contribution in [0.25, 0.3) is 5.69 Å². The quantitative estimate of drug-likeness (QED) is 0.382. The number of para-hydroxylation sites is 1. The maximum atomic E-state index is 12.5. The van der Waals surface area contributed by atoms with Gasteiger partial charge in [0.25, 0.3) is 5.69 Å². The maximum absolute atomic E-state index is 12.5. The second kappa shape index (κ2) is 7.72. The Bertz CT molecular complexity index is 1100. The van der Waals surface area contributed by atoms with Crippen LogP contribution < -0.4 is 0 Å². The summed E-state index contributed by atoms with van der Waals surface area (Å²) in [6.45, 7) is 3.00. The van der Waals surface area contributed by atoms with Gasteiger partial charge in [0, 0.05) is 11.6 Å². The largest absolute Gasteiger partial charge is 0.456 e. The minimum absolute atomic E-state index is 0.107. The first-order chi connectivity index (χ1) is 13.4. The number of benzene rings is 2. The Balaban J connectivity index is 1.92. The van der Waals surface area contributed by atoms with E-state index in [4.69, 9.17) is 4.74 Å². The summed E-state index contributed by atoms with van der Waals surface area (Å²) < 4.78 is 6.93. The van der Waals surface area contributed by atoms with Gasteiger partial charge in [-0.05, 0) is 32.0 Å². The van der Waals surface area contributed by atoms with E-state index in [0.29, 0.717) is 17.0 Å². The second-order valence-corrected chi connectivity index (χ2v) is 6.05. The Morgan fingerprint density at radius 3 is 2.57 bits per heavy atom. The van der Waals surface area contributed by atoms with Gasteiger partial charge in [-0.2, -0.15) is 10.4 Å². The van der Waals surface area contributed by atoms with Crippen molar-refractivity contribution in [3.63, 3.8) is 0 Å². The van der Waals surface area contributed by atoms with Crippen molar-refractivity contribution in [1.29, 1.82) is 5.26 Å². The van der Waals surface area contributed by atoms with Gasteiger partial charge in [0.05, 0.1) is 27.6 Å². The number of nitro groups is 1. The first-order valence-electron chi connectivity index (χ1n) is 8.39. The van der Waals surface area contributed by atoms with E-state index in [1.165, 1.54) is 25.1 Å². The van der Waals surface area contributed by atoms with E-state index in [0.717, 1.165) is 5.69 Å². The van der Waals surface area contributed by atoms with E-state index >= 15 is 0 Å². The normalized spacial score (nSPS) is 10.3. The lowest BCUT2D eigenvalue weighted by Crippen LogP contribution is -2.11. The molecule has 0 amide bonds. The number of carbonyl (C=O) groups is 1. The zero-order chi connectivity index (χ0) is 20.3. The minimum atomic E-state index is -0.705. The van der Waals surface area contributed by atoms with Gasteiger partial charge in [-0.15, -0.1) is 0 Å². The lowest BCUT2D eigenvalue weighted by Gasteiger charge is -2.10. The van der Waals surface area contributed by atoms with Crippen LogP contribution in [0, 0.1) is 35.3 Å². The van der Waals surface area contributed by atoms with Crippen molar-refractivity contribution >= 4 is 11.7 Å². The van der Waals surface area contributed by atoms with Crippen LogP contribution in [-0.4, -0.2) is 20.7 Å². The second-order valence-electron chi connectivity index (χ2n) is 6.05. The third kappa shape index (κ3) is 3.46. The van der Waals surface area contributed by atoms with Crippen LogP contribution in [0.4, 0.5) is 5.69 Å². The smallest absolute Gasteiger partial charge is 0.339 e. The Hall–Kier alpha value is -3.99. The fraction of sp³-hybridized carbons (Fsp3) is 0.150. The number of nitro benzene ring substituents is 1. The molecule has 0 unspecified atom stereocenters. The number of carbonyl (C=O) groups excluding carboxylic acids is 1. The Kier molecular flexibility index (Phi) is 5.18. The molecule has 3 aromatic rings. The molecule has 8 heteroatoms. The molecule has 0 radical (unpaired) electrons. The molecule has 28 heavy (non-hydrogen) atoms. The molecule has 1 heterocycles. The zero-order valence-electron chi connectivity index (χ0n) is 15.2. The number of aryl methyl sites for hydroxylation is 1. The molecule has 0 spiro atoms. The maximum Gasteiger partial charge on any atom is 0.339 e. The topological polar surface area (TPSA) is 111 Å². The molecule has 0 aliphatic carbocycles. The van der Waals surface area contributed by atoms with Crippen LogP contribution in [-0.2, 0) is 11.3 Å². The summed E-state index contributed by atoms with van der Waals surface area (Å²) in [5, 5.41) is 24.9. The van der Waals surface area contributed by atoms with Gasteiger partial charge in [0.2, 0.25) is 0 Å². The molecule has 0 bridgehead atoms. The van der Waals surface area contributed by atoms with Gasteiger partial charge < -0.3 is 4.74 Å². The van der Waals surface area contributed by atoms with E-state index in [-0.39, 0.29) is 23.4 Å². The number of hydrogen-bond acceptors (Lipinski definition) is 6. The van der Waals surface area contributed by atoms with E-state index < -0.39 is 10.9 Å². The van der Waals surface area contributed by atoms with Gasteiger partial charge in [-0.25, -0.2) is 9.48 Å². The van der Waals surface area contributed by atoms with E-state index in [9.17, 15) is 20.2 Å². The highest BCUT2D eigenvalue weighted by molar-refractivity contribution is 5.92. The zero-order valence-corrected chi connectivity index (χ0v) is 15.2. The molecule has 0 aliphatic heterocycles. The standard InChI is InChI=1S/C20H16N4O4/c1-13-16(9-6-10-18(13)24(26)27)20(25)28-12-19-17(11-21)14(2)22-23(19)15-7-4-3-5-8-15/h3-10H,12H2,1-2H3. The lowest BCUT2D eigenvalue weighted by molar-refractivity contribution is -0.385. The average Bonchev–Trinajstić information content (AvgIpc) is 3.02. The molecule has 3 rings (SSSR count). The van der Waals surface area contributed by atoms with Crippen LogP contribution in [0.3, 0.4) is 0 Å². The van der Waals surface area contributed by atoms with Crippen molar-refractivity contribution in [2.45, 2.75) is 20.5 Å². The van der Waals surface area contributed by atoms with Crippen molar-refractivity contribution in [1.82, 2.24) is 9.78 Å².